The van der Waals surface area contributed by atoms with Gasteiger partial charge in [0, 0.05) is 19.6 Å². The van der Waals surface area contributed by atoms with E-state index in [4.69, 9.17) is 5.73 Å². The molecule has 0 aliphatic carbocycles. The monoisotopic (exact) mass is 268 g/mol. The number of carbonyl (C=O) groups is 1. The molecule has 0 unspecified atom stereocenters. The standard InChI is InChI=1S/C10H16N6O3/c1-2-12-8-5-7(16(18)19)6-9(15-8)13-3-4-14-10(11)17/h5-6H,2-4H2,1H3,(H3,11,14,17)(H2,12,13,15). The number of hydrogen-bond acceptors (Lipinski definition) is 6. The average molecular weight is 268 g/mol. The number of anilines is 2. The van der Waals surface area contributed by atoms with Crippen LogP contribution in [0.2, 0.25) is 0 Å². The summed E-state index contributed by atoms with van der Waals surface area (Å²) in [5.41, 5.74) is 4.85. The maximum Gasteiger partial charge on any atom is 0.312 e. The lowest BCUT2D eigenvalue weighted by Gasteiger charge is -2.08. The first kappa shape index (κ1) is 14.5. The number of rotatable bonds is 7. The van der Waals surface area contributed by atoms with Gasteiger partial charge in [-0.15, -0.1) is 0 Å². The summed E-state index contributed by atoms with van der Waals surface area (Å²) in [6, 6.07) is 2.06. The zero-order valence-electron chi connectivity index (χ0n) is 10.5. The molecule has 0 spiro atoms. The van der Waals surface area contributed by atoms with Crippen molar-refractivity contribution >= 4 is 23.4 Å². The summed E-state index contributed by atoms with van der Waals surface area (Å²) < 4.78 is 0. The minimum Gasteiger partial charge on any atom is -0.370 e. The fraction of sp³-hybridized carbons (Fsp3) is 0.400. The number of hydrogen-bond donors (Lipinski definition) is 4. The number of nitrogens with one attached hydrogen (secondary N) is 3. The van der Waals surface area contributed by atoms with Crippen LogP contribution in [-0.2, 0) is 0 Å². The number of pyridine rings is 1. The molecule has 19 heavy (non-hydrogen) atoms. The Hall–Kier alpha value is -2.58. The molecule has 104 valence electrons. The maximum atomic E-state index is 10.8. The number of aromatic nitrogens is 1. The second-order valence-electron chi connectivity index (χ2n) is 3.60. The lowest BCUT2D eigenvalue weighted by Crippen LogP contribution is -2.33. The van der Waals surface area contributed by atoms with E-state index < -0.39 is 11.0 Å². The fourth-order valence-corrected chi connectivity index (χ4v) is 1.36. The van der Waals surface area contributed by atoms with E-state index in [1.807, 2.05) is 6.92 Å². The van der Waals surface area contributed by atoms with Gasteiger partial charge in [0.2, 0.25) is 0 Å². The molecule has 0 saturated carbocycles. The van der Waals surface area contributed by atoms with Crippen LogP contribution in [0.1, 0.15) is 6.92 Å². The van der Waals surface area contributed by atoms with Gasteiger partial charge in [0.05, 0.1) is 17.1 Å². The summed E-state index contributed by atoms with van der Waals surface area (Å²) in [6.07, 6.45) is 0. The van der Waals surface area contributed by atoms with Crippen molar-refractivity contribution in [3.05, 3.63) is 22.2 Å². The van der Waals surface area contributed by atoms with Crippen molar-refractivity contribution in [3.63, 3.8) is 0 Å². The molecule has 0 aliphatic rings. The summed E-state index contributed by atoms with van der Waals surface area (Å²) >= 11 is 0. The molecule has 2 amide bonds. The topological polar surface area (TPSA) is 135 Å². The molecule has 1 aromatic heterocycles. The van der Waals surface area contributed by atoms with Crippen molar-refractivity contribution in [2.45, 2.75) is 6.92 Å². The van der Waals surface area contributed by atoms with Crippen LogP contribution in [0, 0.1) is 10.1 Å². The van der Waals surface area contributed by atoms with Crippen LogP contribution in [0.3, 0.4) is 0 Å². The molecular weight excluding hydrogens is 252 g/mol. The number of nitrogens with two attached hydrogens (primary N) is 1. The van der Waals surface area contributed by atoms with Gasteiger partial charge in [-0.3, -0.25) is 10.1 Å². The Balaban J connectivity index is 2.70. The predicted octanol–water partition coefficient (Wildman–Crippen LogP) is 0.502. The summed E-state index contributed by atoms with van der Waals surface area (Å²) in [5.74, 6) is 0.776. The second kappa shape index (κ2) is 6.99. The molecule has 0 bridgehead atoms. The van der Waals surface area contributed by atoms with E-state index in [2.05, 4.69) is 20.9 Å². The lowest BCUT2D eigenvalue weighted by molar-refractivity contribution is -0.384. The fourth-order valence-electron chi connectivity index (χ4n) is 1.36. The molecule has 5 N–H and O–H groups in total. The van der Waals surface area contributed by atoms with Gasteiger partial charge in [-0.25, -0.2) is 9.78 Å². The number of primary amides is 1. The average Bonchev–Trinajstić information content (AvgIpc) is 2.34. The van der Waals surface area contributed by atoms with Crippen molar-refractivity contribution < 1.29 is 9.72 Å². The first-order valence-electron chi connectivity index (χ1n) is 5.70. The predicted molar refractivity (Wildman–Crippen MR) is 71.1 cm³/mol. The van der Waals surface area contributed by atoms with Crippen LogP contribution in [0.25, 0.3) is 0 Å². The molecule has 0 radical (unpaired) electrons. The van der Waals surface area contributed by atoms with E-state index in [1.165, 1.54) is 12.1 Å². The quantitative estimate of drug-likeness (QED) is 0.323. The smallest absolute Gasteiger partial charge is 0.312 e. The molecule has 1 heterocycles. The van der Waals surface area contributed by atoms with Crippen LogP contribution in [0.5, 0.6) is 0 Å². The van der Waals surface area contributed by atoms with Crippen molar-refractivity contribution in [3.8, 4) is 0 Å². The number of nitro groups is 1. The Morgan fingerprint density at radius 3 is 2.53 bits per heavy atom. The van der Waals surface area contributed by atoms with Gasteiger partial charge >= 0.3 is 6.03 Å². The molecule has 1 rings (SSSR count). The molecule has 9 heteroatoms. The molecular formula is C10H16N6O3. The van der Waals surface area contributed by atoms with Crippen molar-refractivity contribution in [2.75, 3.05) is 30.3 Å². The molecule has 1 aromatic rings. The van der Waals surface area contributed by atoms with Gasteiger partial charge in [0.1, 0.15) is 11.6 Å². The Kier molecular flexibility index (Phi) is 5.33. The van der Waals surface area contributed by atoms with E-state index in [0.717, 1.165) is 0 Å². The normalized spacial score (nSPS) is 9.74. The SMILES string of the molecule is CCNc1cc([N+](=O)[O-])cc(NCCNC(N)=O)n1. The minimum absolute atomic E-state index is 0.0590. The third-order valence-corrected chi connectivity index (χ3v) is 2.11. The van der Waals surface area contributed by atoms with Crippen LogP contribution >= 0.6 is 0 Å². The Bertz CT molecular complexity index is 465. The highest BCUT2D eigenvalue weighted by molar-refractivity contribution is 5.71. The number of nitrogens with zero attached hydrogens (tertiary/aromatic N) is 2. The summed E-state index contributed by atoms with van der Waals surface area (Å²) in [7, 11) is 0. The third-order valence-electron chi connectivity index (χ3n) is 2.11. The van der Waals surface area contributed by atoms with Crippen molar-refractivity contribution in [1.82, 2.24) is 10.3 Å². The van der Waals surface area contributed by atoms with Gasteiger partial charge in [0.25, 0.3) is 5.69 Å². The van der Waals surface area contributed by atoms with E-state index in [9.17, 15) is 14.9 Å². The van der Waals surface area contributed by atoms with Crippen LogP contribution in [-0.4, -0.2) is 35.6 Å². The van der Waals surface area contributed by atoms with E-state index >= 15 is 0 Å². The molecule has 0 atom stereocenters. The van der Waals surface area contributed by atoms with E-state index in [-0.39, 0.29) is 5.69 Å². The van der Waals surface area contributed by atoms with Gasteiger partial charge in [-0.05, 0) is 6.92 Å². The zero-order valence-corrected chi connectivity index (χ0v) is 10.5. The Morgan fingerprint density at radius 2 is 2.00 bits per heavy atom. The highest BCUT2D eigenvalue weighted by atomic mass is 16.6. The van der Waals surface area contributed by atoms with E-state index in [0.29, 0.717) is 31.3 Å². The molecule has 0 aromatic carbocycles. The van der Waals surface area contributed by atoms with Crippen molar-refractivity contribution in [2.24, 2.45) is 5.73 Å². The molecule has 0 aliphatic heterocycles. The zero-order chi connectivity index (χ0) is 14.3. The van der Waals surface area contributed by atoms with Gasteiger partial charge in [-0.1, -0.05) is 0 Å². The first-order valence-corrected chi connectivity index (χ1v) is 5.70. The minimum atomic E-state index is -0.623. The highest BCUT2D eigenvalue weighted by Crippen LogP contribution is 2.20. The van der Waals surface area contributed by atoms with Crippen LogP contribution in [0.15, 0.2) is 12.1 Å². The molecule has 9 nitrogen and oxygen atoms in total. The number of urea groups is 1. The lowest BCUT2D eigenvalue weighted by atomic mass is 10.3. The van der Waals surface area contributed by atoms with Crippen LogP contribution in [0.4, 0.5) is 22.1 Å². The van der Waals surface area contributed by atoms with Gasteiger partial charge in [-0.2, -0.15) is 0 Å². The Labute approximate surface area is 109 Å². The summed E-state index contributed by atoms with van der Waals surface area (Å²) in [4.78, 5) is 24.9. The van der Waals surface area contributed by atoms with E-state index in [1.54, 1.807) is 0 Å². The summed E-state index contributed by atoms with van der Waals surface area (Å²) in [6.45, 7) is 3.14. The second-order valence-corrected chi connectivity index (χ2v) is 3.60. The summed E-state index contributed by atoms with van der Waals surface area (Å²) in [5, 5.41) is 18.9. The number of amides is 2. The number of carbonyl (C=O) groups excluding carboxylic acids is 1. The first-order chi connectivity index (χ1) is 9.02. The third kappa shape index (κ3) is 5.06. The van der Waals surface area contributed by atoms with Crippen molar-refractivity contribution in [1.29, 1.82) is 0 Å². The largest absolute Gasteiger partial charge is 0.370 e. The maximum absolute atomic E-state index is 10.8. The van der Waals surface area contributed by atoms with Gasteiger partial charge < -0.3 is 21.7 Å². The highest BCUT2D eigenvalue weighted by Gasteiger charge is 2.10. The Morgan fingerprint density at radius 1 is 1.37 bits per heavy atom. The van der Waals surface area contributed by atoms with Crippen LogP contribution < -0.4 is 21.7 Å². The van der Waals surface area contributed by atoms with Gasteiger partial charge in [0.15, 0.2) is 0 Å². The molecule has 0 saturated heterocycles. The molecule has 0 fully saturated rings.